The molecule has 0 aliphatic carbocycles. The van der Waals surface area contributed by atoms with Crippen molar-refractivity contribution in [3.8, 4) is 0 Å². The smallest absolute Gasteiger partial charge is 0.269 e. The topological polar surface area (TPSA) is 104 Å². The van der Waals surface area contributed by atoms with Gasteiger partial charge in [-0.25, -0.2) is 0 Å². The third kappa shape index (κ3) is 2.82. The average Bonchev–Trinajstić information content (AvgIpc) is 2.76. The van der Waals surface area contributed by atoms with Crippen LogP contribution >= 0.6 is 0 Å². The largest absolute Gasteiger partial charge is 0.392 e. The second kappa shape index (κ2) is 5.11. The molecule has 1 aromatic carbocycles. The van der Waals surface area contributed by atoms with E-state index in [1.165, 1.54) is 24.3 Å². The number of anilines is 1. The van der Waals surface area contributed by atoms with Crippen molar-refractivity contribution < 1.29 is 14.8 Å². The van der Waals surface area contributed by atoms with Crippen LogP contribution in [-0.4, -0.2) is 34.6 Å². The first-order valence-corrected chi connectivity index (χ1v) is 5.53. The lowest BCUT2D eigenvalue weighted by Crippen LogP contribution is -2.35. The number of rotatable bonds is 3. The molecule has 2 atom stereocenters. The monoisotopic (exact) mass is 251 g/mol. The fourth-order valence-corrected chi connectivity index (χ4v) is 1.81. The molecule has 1 aliphatic heterocycles. The van der Waals surface area contributed by atoms with E-state index in [9.17, 15) is 20.0 Å². The van der Waals surface area contributed by atoms with Gasteiger partial charge in [0.25, 0.3) is 5.69 Å². The van der Waals surface area contributed by atoms with Crippen LogP contribution in [0.5, 0.6) is 0 Å². The summed E-state index contributed by atoms with van der Waals surface area (Å²) in [5.74, 6) is -0.250. The van der Waals surface area contributed by atoms with E-state index in [1.807, 2.05) is 0 Å². The highest BCUT2D eigenvalue weighted by molar-refractivity contribution is 5.95. The Hall–Kier alpha value is -1.99. The van der Waals surface area contributed by atoms with Crippen LogP contribution in [0.2, 0.25) is 0 Å². The minimum atomic E-state index is -0.502. The second-order valence-corrected chi connectivity index (χ2v) is 4.14. The van der Waals surface area contributed by atoms with Crippen molar-refractivity contribution in [3.05, 3.63) is 34.4 Å². The van der Waals surface area contributed by atoms with Gasteiger partial charge >= 0.3 is 0 Å². The first-order chi connectivity index (χ1) is 8.56. The Bertz CT molecular complexity index is 460. The Morgan fingerprint density at radius 1 is 1.44 bits per heavy atom. The molecule has 7 heteroatoms. The summed E-state index contributed by atoms with van der Waals surface area (Å²) in [5, 5.41) is 25.3. The van der Waals surface area contributed by atoms with Crippen LogP contribution in [0, 0.1) is 10.1 Å². The lowest BCUT2D eigenvalue weighted by Gasteiger charge is -2.10. The van der Waals surface area contributed by atoms with Gasteiger partial charge < -0.3 is 15.7 Å². The van der Waals surface area contributed by atoms with E-state index in [-0.39, 0.29) is 11.6 Å². The van der Waals surface area contributed by atoms with E-state index in [1.54, 1.807) is 0 Å². The number of hydrogen-bond donors (Lipinski definition) is 3. The van der Waals surface area contributed by atoms with E-state index in [0.717, 1.165) is 0 Å². The predicted octanol–water partition coefficient (Wildman–Crippen LogP) is 0.256. The van der Waals surface area contributed by atoms with Gasteiger partial charge in [0, 0.05) is 24.4 Å². The normalized spacial score (nSPS) is 22.7. The van der Waals surface area contributed by atoms with Gasteiger partial charge in [-0.1, -0.05) is 0 Å². The van der Waals surface area contributed by atoms with Crippen molar-refractivity contribution in [3.63, 3.8) is 0 Å². The molecule has 1 amide bonds. The molecule has 0 unspecified atom stereocenters. The highest BCUT2D eigenvalue weighted by Crippen LogP contribution is 2.16. The van der Waals surface area contributed by atoms with Gasteiger partial charge in [-0.05, 0) is 18.6 Å². The SMILES string of the molecule is O=C(Nc1ccc([N+](=O)[O-])cc1)[C@H]1C[C@@H](O)CN1. The third-order valence-corrected chi connectivity index (χ3v) is 2.77. The molecule has 0 spiro atoms. The van der Waals surface area contributed by atoms with Crippen molar-refractivity contribution in [2.24, 2.45) is 0 Å². The average molecular weight is 251 g/mol. The van der Waals surface area contributed by atoms with Crippen molar-refractivity contribution in [2.75, 3.05) is 11.9 Å². The molecule has 0 bridgehead atoms. The van der Waals surface area contributed by atoms with Crippen LogP contribution in [0.15, 0.2) is 24.3 Å². The fourth-order valence-electron chi connectivity index (χ4n) is 1.81. The zero-order valence-electron chi connectivity index (χ0n) is 9.50. The number of amides is 1. The van der Waals surface area contributed by atoms with E-state index < -0.39 is 17.1 Å². The molecule has 0 saturated carbocycles. The summed E-state index contributed by atoms with van der Waals surface area (Å²) in [6, 6.07) is 5.18. The molecular formula is C11H13N3O4. The van der Waals surface area contributed by atoms with Crippen LogP contribution in [0.4, 0.5) is 11.4 Å². The Labute approximate surface area is 103 Å². The van der Waals surface area contributed by atoms with Crippen LogP contribution < -0.4 is 10.6 Å². The molecule has 1 aromatic rings. The van der Waals surface area contributed by atoms with Crippen molar-refractivity contribution in [2.45, 2.75) is 18.6 Å². The number of carbonyl (C=O) groups excluding carboxylic acids is 1. The molecule has 0 radical (unpaired) electrons. The number of hydrogen-bond acceptors (Lipinski definition) is 5. The lowest BCUT2D eigenvalue weighted by molar-refractivity contribution is -0.384. The molecule has 7 nitrogen and oxygen atoms in total. The van der Waals surface area contributed by atoms with Crippen LogP contribution in [-0.2, 0) is 4.79 Å². The third-order valence-electron chi connectivity index (χ3n) is 2.77. The van der Waals surface area contributed by atoms with Gasteiger partial charge in [-0.3, -0.25) is 14.9 Å². The maximum absolute atomic E-state index is 11.8. The van der Waals surface area contributed by atoms with E-state index in [0.29, 0.717) is 18.7 Å². The van der Waals surface area contributed by atoms with Crippen molar-refractivity contribution in [1.82, 2.24) is 5.32 Å². The zero-order valence-corrected chi connectivity index (χ0v) is 9.50. The summed E-state index contributed by atoms with van der Waals surface area (Å²) in [6.07, 6.45) is -0.128. The highest BCUT2D eigenvalue weighted by Gasteiger charge is 2.27. The number of nitrogens with one attached hydrogen (secondary N) is 2. The van der Waals surface area contributed by atoms with Crippen LogP contribution in [0.3, 0.4) is 0 Å². The van der Waals surface area contributed by atoms with Gasteiger partial charge in [0.1, 0.15) is 0 Å². The molecule has 18 heavy (non-hydrogen) atoms. The maximum Gasteiger partial charge on any atom is 0.269 e. The number of β-amino-alcohol motifs (C(OH)–C–C–N with tert-alkyl or cyclic N) is 1. The number of nitrogens with zero attached hydrogens (tertiary/aromatic N) is 1. The molecular weight excluding hydrogens is 238 g/mol. The number of benzene rings is 1. The summed E-state index contributed by atoms with van der Waals surface area (Å²) in [4.78, 5) is 21.7. The number of aliphatic hydroxyl groups excluding tert-OH is 1. The Morgan fingerprint density at radius 3 is 2.61 bits per heavy atom. The van der Waals surface area contributed by atoms with Gasteiger partial charge in [0.05, 0.1) is 17.1 Å². The van der Waals surface area contributed by atoms with Gasteiger partial charge in [-0.15, -0.1) is 0 Å². The number of carbonyl (C=O) groups is 1. The Morgan fingerprint density at radius 2 is 2.11 bits per heavy atom. The molecule has 1 aliphatic rings. The summed E-state index contributed by atoms with van der Waals surface area (Å²) in [5.41, 5.74) is 0.469. The summed E-state index contributed by atoms with van der Waals surface area (Å²) in [7, 11) is 0. The van der Waals surface area contributed by atoms with Crippen molar-refractivity contribution >= 4 is 17.3 Å². The molecule has 3 N–H and O–H groups in total. The van der Waals surface area contributed by atoms with Gasteiger partial charge in [-0.2, -0.15) is 0 Å². The lowest BCUT2D eigenvalue weighted by atomic mass is 10.2. The summed E-state index contributed by atoms with van der Waals surface area (Å²) in [6.45, 7) is 0.401. The van der Waals surface area contributed by atoms with E-state index >= 15 is 0 Å². The number of aliphatic hydroxyl groups is 1. The molecule has 1 fully saturated rings. The fraction of sp³-hybridized carbons (Fsp3) is 0.364. The van der Waals surface area contributed by atoms with Gasteiger partial charge in [0.15, 0.2) is 0 Å². The Balaban J connectivity index is 1.97. The Kier molecular flexibility index (Phi) is 3.54. The standard InChI is InChI=1S/C11H13N3O4/c15-9-5-10(12-6-9)11(16)13-7-1-3-8(4-2-7)14(17)18/h1-4,9-10,12,15H,5-6H2,(H,13,16)/t9-,10-/m1/s1. The number of non-ortho nitro benzene ring substituents is 1. The first-order valence-electron chi connectivity index (χ1n) is 5.53. The molecule has 1 heterocycles. The van der Waals surface area contributed by atoms with E-state index in [4.69, 9.17) is 0 Å². The molecule has 96 valence electrons. The van der Waals surface area contributed by atoms with Crippen LogP contribution in [0.1, 0.15) is 6.42 Å². The zero-order chi connectivity index (χ0) is 13.1. The second-order valence-electron chi connectivity index (χ2n) is 4.14. The number of nitro benzene ring substituents is 1. The number of nitro groups is 1. The molecule has 0 aromatic heterocycles. The van der Waals surface area contributed by atoms with E-state index in [2.05, 4.69) is 10.6 Å². The first kappa shape index (κ1) is 12.5. The quantitative estimate of drug-likeness (QED) is 0.528. The van der Waals surface area contributed by atoms with Gasteiger partial charge in [0.2, 0.25) is 5.91 Å². The minimum Gasteiger partial charge on any atom is -0.392 e. The molecule has 2 rings (SSSR count). The summed E-state index contributed by atoms with van der Waals surface area (Å²) < 4.78 is 0. The molecule has 1 saturated heterocycles. The summed E-state index contributed by atoms with van der Waals surface area (Å²) >= 11 is 0. The van der Waals surface area contributed by atoms with Crippen molar-refractivity contribution in [1.29, 1.82) is 0 Å². The van der Waals surface area contributed by atoms with Crippen LogP contribution in [0.25, 0.3) is 0 Å². The minimum absolute atomic E-state index is 0.0255. The predicted molar refractivity (Wildman–Crippen MR) is 64.1 cm³/mol. The maximum atomic E-state index is 11.8. The highest BCUT2D eigenvalue weighted by atomic mass is 16.6.